The van der Waals surface area contributed by atoms with Crippen LogP contribution in [-0.4, -0.2) is 24.3 Å². The molecule has 2 rings (SSSR count). The first-order valence-corrected chi connectivity index (χ1v) is 7.20. The molecule has 1 aliphatic rings. The van der Waals surface area contributed by atoms with Gasteiger partial charge < -0.3 is 10.4 Å². The largest absolute Gasteiger partial charge is 0.393 e. The van der Waals surface area contributed by atoms with Gasteiger partial charge in [-0.2, -0.15) is 11.3 Å². The Bertz CT molecular complexity index is 286. The van der Waals surface area contributed by atoms with Gasteiger partial charge >= 0.3 is 0 Å². The molecule has 0 aliphatic heterocycles. The number of nitrogens with one attached hydrogen (secondary N) is 1. The molecule has 2 nitrogen and oxygen atoms in total. The van der Waals surface area contributed by atoms with Gasteiger partial charge in [0.15, 0.2) is 0 Å². The van der Waals surface area contributed by atoms with E-state index in [1.54, 1.807) is 11.3 Å². The molecular weight excluding hydrogens is 218 g/mol. The molecule has 0 bridgehead atoms. The maximum atomic E-state index is 9.81. The van der Waals surface area contributed by atoms with Gasteiger partial charge in [-0.05, 0) is 54.1 Å². The lowest BCUT2D eigenvalue weighted by Gasteiger charge is -2.27. The van der Waals surface area contributed by atoms with Crippen LogP contribution in [0.1, 0.15) is 31.2 Å². The molecule has 2 N–H and O–H groups in total. The van der Waals surface area contributed by atoms with E-state index in [9.17, 15) is 5.11 Å². The van der Waals surface area contributed by atoms with Gasteiger partial charge in [0.25, 0.3) is 0 Å². The van der Waals surface area contributed by atoms with E-state index in [-0.39, 0.29) is 6.10 Å². The number of aliphatic hydroxyl groups is 1. The van der Waals surface area contributed by atoms with Crippen LogP contribution in [0.2, 0.25) is 0 Å². The van der Waals surface area contributed by atoms with Crippen molar-refractivity contribution in [1.29, 1.82) is 0 Å². The first-order valence-electron chi connectivity index (χ1n) is 6.26. The zero-order valence-electron chi connectivity index (χ0n) is 9.69. The van der Waals surface area contributed by atoms with E-state index in [1.165, 1.54) is 24.8 Å². The Hall–Kier alpha value is -0.380. The Morgan fingerprint density at radius 3 is 3.00 bits per heavy atom. The number of rotatable bonds is 5. The van der Waals surface area contributed by atoms with Crippen LogP contribution >= 0.6 is 11.3 Å². The molecule has 0 aromatic carbocycles. The lowest BCUT2D eigenvalue weighted by atomic mass is 9.86. The summed E-state index contributed by atoms with van der Waals surface area (Å²) in [6, 6.07) is 2.18. The minimum Gasteiger partial charge on any atom is -0.393 e. The van der Waals surface area contributed by atoms with Gasteiger partial charge in [0.2, 0.25) is 0 Å². The smallest absolute Gasteiger partial charge is 0.0580 e. The molecule has 1 heterocycles. The van der Waals surface area contributed by atoms with Crippen molar-refractivity contribution < 1.29 is 5.11 Å². The molecule has 0 saturated heterocycles. The van der Waals surface area contributed by atoms with Crippen molar-refractivity contribution >= 4 is 11.3 Å². The molecule has 1 saturated carbocycles. The Morgan fingerprint density at radius 2 is 2.25 bits per heavy atom. The van der Waals surface area contributed by atoms with Crippen molar-refractivity contribution in [2.45, 2.75) is 38.2 Å². The molecule has 3 heteroatoms. The highest BCUT2D eigenvalue weighted by Crippen LogP contribution is 2.23. The van der Waals surface area contributed by atoms with Crippen molar-refractivity contribution in [2.75, 3.05) is 13.1 Å². The molecule has 1 aliphatic carbocycles. The highest BCUT2D eigenvalue weighted by atomic mass is 32.1. The Balaban J connectivity index is 1.60. The zero-order chi connectivity index (χ0) is 11.2. The highest BCUT2D eigenvalue weighted by molar-refractivity contribution is 7.07. The van der Waals surface area contributed by atoms with Crippen molar-refractivity contribution in [3.63, 3.8) is 0 Å². The van der Waals surface area contributed by atoms with Crippen LogP contribution in [0.5, 0.6) is 0 Å². The molecular formula is C13H21NOS. The quantitative estimate of drug-likeness (QED) is 0.774. The van der Waals surface area contributed by atoms with Crippen LogP contribution in [0.3, 0.4) is 0 Å². The maximum absolute atomic E-state index is 9.81. The highest BCUT2D eigenvalue weighted by Gasteiger charge is 2.22. The van der Waals surface area contributed by atoms with Gasteiger partial charge in [-0.1, -0.05) is 12.8 Å². The monoisotopic (exact) mass is 239 g/mol. The number of hydrogen-bond acceptors (Lipinski definition) is 3. The topological polar surface area (TPSA) is 32.3 Å². The van der Waals surface area contributed by atoms with E-state index in [1.807, 2.05) is 0 Å². The van der Waals surface area contributed by atoms with E-state index in [2.05, 4.69) is 22.1 Å². The van der Waals surface area contributed by atoms with Gasteiger partial charge in [-0.3, -0.25) is 0 Å². The predicted octanol–water partition coefficient (Wildman–Crippen LogP) is 2.43. The molecule has 0 radical (unpaired) electrons. The van der Waals surface area contributed by atoms with Crippen molar-refractivity contribution in [3.8, 4) is 0 Å². The van der Waals surface area contributed by atoms with E-state index >= 15 is 0 Å². The third-order valence-corrected chi connectivity index (χ3v) is 4.18. The van der Waals surface area contributed by atoms with Crippen molar-refractivity contribution in [1.82, 2.24) is 5.32 Å². The lowest BCUT2D eigenvalue weighted by Crippen LogP contribution is -2.34. The molecule has 0 spiro atoms. The zero-order valence-corrected chi connectivity index (χ0v) is 10.5. The molecule has 2 atom stereocenters. The van der Waals surface area contributed by atoms with Gasteiger partial charge in [-0.15, -0.1) is 0 Å². The van der Waals surface area contributed by atoms with Gasteiger partial charge in [-0.25, -0.2) is 0 Å². The number of aliphatic hydroxyl groups excluding tert-OH is 1. The van der Waals surface area contributed by atoms with E-state index in [0.29, 0.717) is 5.92 Å². The number of hydrogen-bond donors (Lipinski definition) is 2. The predicted molar refractivity (Wildman–Crippen MR) is 68.9 cm³/mol. The van der Waals surface area contributed by atoms with E-state index in [4.69, 9.17) is 0 Å². The SMILES string of the molecule is OC1CCCCC1CNCCc1ccsc1. The summed E-state index contributed by atoms with van der Waals surface area (Å²) in [7, 11) is 0. The second-order valence-corrected chi connectivity index (χ2v) is 5.48. The summed E-state index contributed by atoms with van der Waals surface area (Å²) in [5.41, 5.74) is 1.42. The number of thiophene rings is 1. The van der Waals surface area contributed by atoms with Crippen molar-refractivity contribution in [2.24, 2.45) is 5.92 Å². The van der Waals surface area contributed by atoms with Crippen molar-refractivity contribution in [3.05, 3.63) is 22.4 Å². The fourth-order valence-corrected chi connectivity index (χ4v) is 3.08. The lowest BCUT2D eigenvalue weighted by molar-refractivity contribution is 0.0698. The third-order valence-electron chi connectivity index (χ3n) is 3.45. The van der Waals surface area contributed by atoms with Gasteiger partial charge in [0.1, 0.15) is 0 Å². The minimum absolute atomic E-state index is 0.0672. The molecule has 16 heavy (non-hydrogen) atoms. The van der Waals surface area contributed by atoms with E-state index < -0.39 is 0 Å². The normalized spacial score (nSPS) is 25.8. The average molecular weight is 239 g/mol. The summed E-state index contributed by atoms with van der Waals surface area (Å²) in [5.74, 6) is 0.483. The summed E-state index contributed by atoms with van der Waals surface area (Å²) in [6.45, 7) is 2.01. The summed E-state index contributed by atoms with van der Waals surface area (Å²) >= 11 is 1.76. The first kappa shape index (κ1) is 12.1. The van der Waals surface area contributed by atoms with Crippen LogP contribution in [0.15, 0.2) is 16.8 Å². The fourth-order valence-electron chi connectivity index (χ4n) is 2.38. The summed E-state index contributed by atoms with van der Waals surface area (Å²) in [4.78, 5) is 0. The Kier molecular flexibility index (Phi) is 4.82. The summed E-state index contributed by atoms with van der Waals surface area (Å²) in [6.07, 6.45) is 5.71. The Morgan fingerprint density at radius 1 is 1.38 bits per heavy atom. The van der Waals surface area contributed by atoms with Gasteiger partial charge in [0, 0.05) is 6.54 Å². The first-order chi connectivity index (χ1) is 7.86. The maximum Gasteiger partial charge on any atom is 0.0580 e. The Labute approximate surface area is 102 Å². The summed E-state index contributed by atoms with van der Waals surface area (Å²) < 4.78 is 0. The standard InChI is InChI=1S/C13H21NOS/c15-13-4-2-1-3-12(13)9-14-7-5-11-6-8-16-10-11/h6,8,10,12-15H,1-5,7,9H2. The third kappa shape index (κ3) is 3.58. The minimum atomic E-state index is -0.0672. The van der Waals surface area contributed by atoms with Gasteiger partial charge in [0.05, 0.1) is 6.10 Å². The molecule has 1 aromatic rings. The van der Waals surface area contributed by atoms with Crippen LogP contribution in [0.25, 0.3) is 0 Å². The molecule has 0 amide bonds. The van der Waals surface area contributed by atoms with Crippen LogP contribution < -0.4 is 5.32 Å². The fraction of sp³-hybridized carbons (Fsp3) is 0.692. The molecule has 1 aromatic heterocycles. The molecule has 1 fully saturated rings. The van der Waals surface area contributed by atoms with Crippen LogP contribution in [0, 0.1) is 5.92 Å². The molecule has 2 unspecified atom stereocenters. The van der Waals surface area contributed by atoms with E-state index in [0.717, 1.165) is 25.9 Å². The second-order valence-electron chi connectivity index (χ2n) is 4.70. The average Bonchev–Trinajstić information content (AvgIpc) is 2.79. The summed E-state index contributed by atoms with van der Waals surface area (Å²) in [5, 5.41) is 17.6. The second kappa shape index (κ2) is 6.38. The van der Waals surface area contributed by atoms with Crippen LogP contribution in [-0.2, 0) is 6.42 Å². The van der Waals surface area contributed by atoms with Crippen LogP contribution in [0.4, 0.5) is 0 Å². The molecule has 90 valence electrons.